The van der Waals surface area contributed by atoms with Gasteiger partial charge in [-0.05, 0) is 19.1 Å². The minimum Gasteiger partial charge on any atom is -0.508 e. The number of carbonyl (C=O) groups is 1. The first kappa shape index (κ1) is 15.3. The number of phenols is 2. The Hall–Kier alpha value is -2.13. The first-order valence-electron chi connectivity index (χ1n) is 5.81. The van der Waals surface area contributed by atoms with Gasteiger partial charge in [-0.15, -0.1) is 10.2 Å². The van der Waals surface area contributed by atoms with Gasteiger partial charge < -0.3 is 10.2 Å². The Kier molecular flexibility index (Phi) is 5.12. The van der Waals surface area contributed by atoms with Gasteiger partial charge in [-0.3, -0.25) is 4.79 Å². The predicted molar refractivity (Wildman–Crippen MR) is 80.9 cm³/mol. The molecule has 0 saturated carbocycles. The molecule has 21 heavy (non-hydrogen) atoms. The van der Waals surface area contributed by atoms with E-state index in [4.69, 9.17) is 5.11 Å². The van der Waals surface area contributed by atoms with Crippen LogP contribution >= 0.6 is 23.1 Å². The number of thioether (sulfide) groups is 1. The van der Waals surface area contributed by atoms with Crippen LogP contribution in [0.2, 0.25) is 0 Å². The normalized spacial score (nSPS) is 10.9. The number of phenolic OH excluding ortho intramolecular Hbond substituents is 2. The fraction of sp³-hybridized carbons (Fsp3) is 0.167. The molecule has 0 spiro atoms. The molecule has 0 atom stereocenters. The predicted octanol–water partition coefficient (Wildman–Crippen LogP) is 1.50. The fourth-order valence-electron chi connectivity index (χ4n) is 1.31. The largest absolute Gasteiger partial charge is 0.508 e. The van der Waals surface area contributed by atoms with Gasteiger partial charge in [0.15, 0.2) is 4.34 Å². The van der Waals surface area contributed by atoms with Crippen LogP contribution < -0.4 is 5.43 Å². The Morgan fingerprint density at radius 3 is 2.95 bits per heavy atom. The third-order valence-electron chi connectivity index (χ3n) is 2.24. The third-order valence-corrected chi connectivity index (χ3v) is 4.21. The van der Waals surface area contributed by atoms with Gasteiger partial charge in [0.2, 0.25) is 0 Å². The van der Waals surface area contributed by atoms with E-state index < -0.39 is 0 Å². The molecule has 1 heterocycles. The van der Waals surface area contributed by atoms with Gasteiger partial charge in [0.05, 0.1) is 12.0 Å². The lowest BCUT2D eigenvalue weighted by Gasteiger charge is -2.00. The molecule has 0 saturated heterocycles. The number of hydrogen-bond donors (Lipinski definition) is 3. The summed E-state index contributed by atoms with van der Waals surface area (Å²) < 4.78 is 0.725. The van der Waals surface area contributed by atoms with Gasteiger partial charge in [0.1, 0.15) is 16.5 Å². The van der Waals surface area contributed by atoms with Crippen molar-refractivity contribution in [2.75, 3.05) is 5.75 Å². The van der Waals surface area contributed by atoms with E-state index in [9.17, 15) is 9.90 Å². The standard InChI is InChI=1S/C12H12N4O3S2/c1-7-14-16-12(21-7)20-6-11(19)15-13-5-8-2-3-9(17)4-10(8)18/h2-5,17-18H,6H2,1H3,(H,15,19)/b13-5+. The third kappa shape index (κ3) is 4.72. The minimum absolute atomic E-state index is 0.0440. The van der Waals surface area contributed by atoms with Crippen LogP contribution in [0.25, 0.3) is 0 Å². The van der Waals surface area contributed by atoms with Gasteiger partial charge in [-0.2, -0.15) is 5.10 Å². The number of rotatable bonds is 5. The molecule has 0 bridgehead atoms. The van der Waals surface area contributed by atoms with Crippen LogP contribution in [0.1, 0.15) is 10.6 Å². The molecule has 2 aromatic rings. The monoisotopic (exact) mass is 324 g/mol. The van der Waals surface area contributed by atoms with Crippen molar-refractivity contribution in [2.45, 2.75) is 11.3 Å². The maximum Gasteiger partial charge on any atom is 0.250 e. The minimum atomic E-state index is -0.289. The van der Waals surface area contributed by atoms with Crippen molar-refractivity contribution >= 4 is 35.2 Å². The van der Waals surface area contributed by atoms with Crippen molar-refractivity contribution in [3.8, 4) is 11.5 Å². The molecule has 0 fully saturated rings. The van der Waals surface area contributed by atoms with Crippen LogP contribution in [0, 0.1) is 6.92 Å². The molecular weight excluding hydrogens is 312 g/mol. The Bertz CT molecular complexity index is 672. The number of aromatic hydroxyl groups is 2. The van der Waals surface area contributed by atoms with Crippen molar-refractivity contribution < 1.29 is 15.0 Å². The molecule has 0 aliphatic rings. The van der Waals surface area contributed by atoms with E-state index in [1.54, 1.807) is 0 Å². The second kappa shape index (κ2) is 7.04. The summed E-state index contributed by atoms with van der Waals surface area (Å²) in [5, 5.41) is 31.0. The lowest BCUT2D eigenvalue weighted by Crippen LogP contribution is -2.19. The van der Waals surface area contributed by atoms with E-state index in [1.807, 2.05) is 6.92 Å². The van der Waals surface area contributed by atoms with Gasteiger partial charge >= 0.3 is 0 Å². The highest BCUT2D eigenvalue weighted by Crippen LogP contribution is 2.22. The number of hydrogen-bond acceptors (Lipinski definition) is 8. The van der Waals surface area contributed by atoms with E-state index in [-0.39, 0.29) is 23.2 Å². The SMILES string of the molecule is Cc1nnc(SCC(=O)N/N=C/c2ccc(O)cc2O)s1. The van der Waals surface area contributed by atoms with Gasteiger partial charge in [-0.1, -0.05) is 23.1 Å². The molecular formula is C12H12N4O3S2. The molecule has 1 aromatic heterocycles. The smallest absolute Gasteiger partial charge is 0.250 e. The van der Waals surface area contributed by atoms with Gasteiger partial charge in [-0.25, -0.2) is 5.43 Å². The summed E-state index contributed by atoms with van der Waals surface area (Å²) in [7, 11) is 0. The Morgan fingerprint density at radius 1 is 1.48 bits per heavy atom. The summed E-state index contributed by atoms with van der Waals surface area (Å²) in [4.78, 5) is 11.6. The first-order valence-corrected chi connectivity index (χ1v) is 7.61. The van der Waals surface area contributed by atoms with Gasteiger partial charge in [0.25, 0.3) is 5.91 Å². The van der Waals surface area contributed by atoms with Crippen LogP contribution in [0.3, 0.4) is 0 Å². The summed E-state index contributed by atoms with van der Waals surface area (Å²) in [6.07, 6.45) is 1.30. The van der Waals surface area contributed by atoms with E-state index >= 15 is 0 Å². The second-order valence-corrected chi connectivity index (χ2v) is 6.32. The van der Waals surface area contributed by atoms with Crippen LogP contribution in [0.15, 0.2) is 27.6 Å². The summed E-state index contributed by atoms with van der Waals surface area (Å²) >= 11 is 2.70. The summed E-state index contributed by atoms with van der Waals surface area (Å²) in [6, 6.07) is 4.09. The average Bonchev–Trinajstić information content (AvgIpc) is 2.85. The number of nitrogens with zero attached hydrogens (tertiary/aromatic N) is 3. The molecule has 7 nitrogen and oxygen atoms in total. The summed E-state index contributed by atoms with van der Waals surface area (Å²) in [5.41, 5.74) is 2.73. The number of amides is 1. The lowest BCUT2D eigenvalue weighted by atomic mass is 10.2. The molecule has 2 rings (SSSR count). The maximum atomic E-state index is 11.6. The van der Waals surface area contributed by atoms with E-state index in [0.717, 1.165) is 9.35 Å². The van der Waals surface area contributed by atoms with Gasteiger partial charge in [0, 0.05) is 11.6 Å². The maximum absolute atomic E-state index is 11.6. The molecule has 110 valence electrons. The fourth-order valence-corrected chi connectivity index (χ4v) is 2.92. The van der Waals surface area contributed by atoms with E-state index in [0.29, 0.717) is 5.56 Å². The number of hydrazone groups is 1. The highest BCUT2D eigenvalue weighted by molar-refractivity contribution is 8.01. The number of carbonyl (C=O) groups excluding carboxylic acids is 1. The van der Waals surface area contributed by atoms with Crippen molar-refractivity contribution in [2.24, 2.45) is 5.10 Å². The summed E-state index contributed by atoms with van der Waals surface area (Å²) in [6.45, 7) is 1.84. The van der Waals surface area contributed by atoms with Crippen LogP contribution in [-0.2, 0) is 4.79 Å². The number of aryl methyl sites for hydroxylation is 1. The highest BCUT2D eigenvalue weighted by atomic mass is 32.2. The van der Waals surface area contributed by atoms with Crippen molar-refractivity contribution in [3.63, 3.8) is 0 Å². The van der Waals surface area contributed by atoms with E-state index in [2.05, 4.69) is 20.7 Å². The molecule has 9 heteroatoms. The van der Waals surface area contributed by atoms with Crippen molar-refractivity contribution in [1.82, 2.24) is 15.6 Å². The number of nitrogens with one attached hydrogen (secondary N) is 1. The molecule has 0 aliphatic heterocycles. The zero-order valence-corrected chi connectivity index (χ0v) is 12.6. The lowest BCUT2D eigenvalue weighted by molar-refractivity contribution is -0.118. The van der Waals surface area contributed by atoms with Crippen LogP contribution in [0.5, 0.6) is 11.5 Å². The van der Waals surface area contributed by atoms with Crippen LogP contribution in [-0.4, -0.2) is 38.3 Å². The van der Waals surface area contributed by atoms with Crippen LogP contribution in [0.4, 0.5) is 0 Å². The van der Waals surface area contributed by atoms with Crippen molar-refractivity contribution in [1.29, 1.82) is 0 Å². The Morgan fingerprint density at radius 2 is 2.29 bits per heavy atom. The molecule has 0 aliphatic carbocycles. The number of aromatic nitrogens is 2. The molecule has 1 aromatic carbocycles. The molecule has 0 unspecified atom stereocenters. The second-order valence-electron chi connectivity index (χ2n) is 3.91. The first-order chi connectivity index (χ1) is 10.0. The zero-order chi connectivity index (χ0) is 15.2. The quantitative estimate of drug-likeness (QED) is 0.437. The topological polar surface area (TPSA) is 108 Å². The Labute approximate surface area is 128 Å². The summed E-state index contributed by atoms with van der Waals surface area (Å²) in [5.74, 6) is -0.278. The molecule has 0 radical (unpaired) electrons. The van der Waals surface area contributed by atoms with E-state index in [1.165, 1.54) is 47.5 Å². The van der Waals surface area contributed by atoms with Crippen molar-refractivity contribution in [3.05, 3.63) is 28.8 Å². The highest BCUT2D eigenvalue weighted by Gasteiger charge is 2.05. The number of benzene rings is 1. The average molecular weight is 324 g/mol. The molecule has 1 amide bonds. The zero-order valence-electron chi connectivity index (χ0n) is 11.0. The Balaban J connectivity index is 1.81. The molecule has 3 N–H and O–H groups in total.